The normalized spacial score (nSPS) is 21.3. The molecule has 3 rings (SSSR count). The number of rotatable bonds is 5. The third-order valence-corrected chi connectivity index (χ3v) is 5.16. The van der Waals surface area contributed by atoms with Crippen molar-refractivity contribution in [3.05, 3.63) is 35.4 Å². The molecule has 1 saturated heterocycles. The van der Waals surface area contributed by atoms with Crippen molar-refractivity contribution in [2.75, 3.05) is 19.6 Å². The van der Waals surface area contributed by atoms with E-state index in [9.17, 15) is 9.90 Å². The van der Waals surface area contributed by atoms with Gasteiger partial charge in [0.05, 0.1) is 5.60 Å². The predicted molar refractivity (Wildman–Crippen MR) is 91.3 cm³/mol. The Morgan fingerprint density at radius 2 is 1.87 bits per heavy atom. The van der Waals surface area contributed by atoms with Crippen molar-refractivity contribution in [2.45, 2.75) is 57.1 Å². The molecule has 0 aromatic heterocycles. The molecule has 0 unspecified atom stereocenters. The van der Waals surface area contributed by atoms with E-state index in [2.05, 4.69) is 16.3 Å². The van der Waals surface area contributed by atoms with Gasteiger partial charge in [-0.3, -0.25) is 9.69 Å². The Kier molecular flexibility index (Phi) is 5.34. The lowest BCUT2D eigenvalue weighted by Crippen LogP contribution is -2.44. The van der Waals surface area contributed by atoms with Crippen LogP contribution in [0.5, 0.6) is 0 Å². The second-order valence-corrected chi connectivity index (χ2v) is 7.15. The average molecular weight is 316 g/mol. The van der Waals surface area contributed by atoms with Crippen LogP contribution in [0.25, 0.3) is 0 Å². The molecule has 0 radical (unpaired) electrons. The van der Waals surface area contributed by atoms with E-state index in [0.29, 0.717) is 12.1 Å². The SMILES string of the molecule is O=C(NCC1(O)CCCCC1)c1cccc(CN2CCCC2)c1. The quantitative estimate of drug-likeness (QED) is 0.878. The van der Waals surface area contributed by atoms with Crippen LogP contribution in [0.1, 0.15) is 60.9 Å². The van der Waals surface area contributed by atoms with Crippen molar-refractivity contribution in [3.63, 3.8) is 0 Å². The standard InChI is InChI=1S/C19H28N2O2/c22-18(20-15-19(23)9-2-1-3-10-19)17-8-6-7-16(13-17)14-21-11-4-5-12-21/h6-8,13,23H,1-5,9-12,14-15H2,(H,20,22). The van der Waals surface area contributed by atoms with E-state index in [1.807, 2.05) is 18.2 Å². The van der Waals surface area contributed by atoms with Gasteiger partial charge >= 0.3 is 0 Å². The van der Waals surface area contributed by atoms with Gasteiger partial charge in [0.25, 0.3) is 5.91 Å². The van der Waals surface area contributed by atoms with Crippen molar-refractivity contribution in [1.29, 1.82) is 0 Å². The van der Waals surface area contributed by atoms with Gasteiger partial charge in [0, 0.05) is 18.7 Å². The van der Waals surface area contributed by atoms with Gasteiger partial charge in [-0.05, 0) is 56.5 Å². The summed E-state index contributed by atoms with van der Waals surface area (Å²) in [5.74, 6) is -0.0766. The van der Waals surface area contributed by atoms with Crippen LogP contribution < -0.4 is 5.32 Å². The van der Waals surface area contributed by atoms with E-state index in [0.717, 1.165) is 45.3 Å². The molecule has 126 valence electrons. The van der Waals surface area contributed by atoms with E-state index in [1.54, 1.807) is 0 Å². The largest absolute Gasteiger partial charge is 0.388 e. The maximum absolute atomic E-state index is 12.4. The van der Waals surface area contributed by atoms with Crippen molar-refractivity contribution in [2.24, 2.45) is 0 Å². The van der Waals surface area contributed by atoms with Crippen LogP contribution in [0.15, 0.2) is 24.3 Å². The molecule has 2 aliphatic rings. The summed E-state index contributed by atoms with van der Waals surface area (Å²) >= 11 is 0. The Morgan fingerprint density at radius 3 is 2.61 bits per heavy atom. The zero-order valence-electron chi connectivity index (χ0n) is 13.9. The zero-order chi connectivity index (χ0) is 16.1. The lowest BCUT2D eigenvalue weighted by Gasteiger charge is -2.32. The molecule has 1 aromatic rings. The number of amides is 1. The number of nitrogens with one attached hydrogen (secondary N) is 1. The molecule has 1 aromatic carbocycles. The summed E-state index contributed by atoms with van der Waals surface area (Å²) < 4.78 is 0. The summed E-state index contributed by atoms with van der Waals surface area (Å²) in [5.41, 5.74) is 1.18. The lowest BCUT2D eigenvalue weighted by molar-refractivity contribution is 0.00525. The molecule has 1 aliphatic heterocycles. The molecule has 4 nitrogen and oxygen atoms in total. The Bertz CT molecular complexity index is 532. The van der Waals surface area contributed by atoms with E-state index >= 15 is 0 Å². The summed E-state index contributed by atoms with van der Waals surface area (Å²) in [5, 5.41) is 13.4. The van der Waals surface area contributed by atoms with E-state index < -0.39 is 5.60 Å². The fourth-order valence-corrected chi connectivity index (χ4v) is 3.74. The van der Waals surface area contributed by atoms with Crippen LogP contribution in [-0.2, 0) is 6.54 Å². The van der Waals surface area contributed by atoms with Gasteiger partial charge in [-0.1, -0.05) is 31.4 Å². The summed E-state index contributed by atoms with van der Waals surface area (Å²) in [6.07, 6.45) is 7.44. The van der Waals surface area contributed by atoms with Crippen molar-refractivity contribution in [1.82, 2.24) is 10.2 Å². The monoisotopic (exact) mass is 316 g/mol. The summed E-state index contributed by atoms with van der Waals surface area (Å²) in [6.45, 7) is 3.60. The van der Waals surface area contributed by atoms with Crippen LogP contribution in [0, 0.1) is 0 Å². The first-order valence-corrected chi connectivity index (χ1v) is 8.97. The van der Waals surface area contributed by atoms with Crippen molar-refractivity contribution < 1.29 is 9.90 Å². The smallest absolute Gasteiger partial charge is 0.251 e. The molecule has 0 bridgehead atoms. The zero-order valence-corrected chi connectivity index (χ0v) is 13.9. The number of likely N-dealkylation sites (tertiary alicyclic amines) is 1. The van der Waals surface area contributed by atoms with E-state index in [1.165, 1.54) is 24.8 Å². The second kappa shape index (κ2) is 7.45. The first-order valence-electron chi connectivity index (χ1n) is 8.97. The molecule has 1 aliphatic carbocycles. The number of nitrogens with zero attached hydrogens (tertiary/aromatic N) is 1. The molecule has 0 spiro atoms. The highest BCUT2D eigenvalue weighted by atomic mass is 16.3. The molecule has 1 amide bonds. The Labute approximate surface area is 138 Å². The topological polar surface area (TPSA) is 52.6 Å². The minimum atomic E-state index is -0.707. The predicted octanol–water partition coefficient (Wildman–Crippen LogP) is 2.71. The number of hydrogen-bond donors (Lipinski definition) is 2. The molecule has 2 fully saturated rings. The van der Waals surface area contributed by atoms with Gasteiger partial charge in [-0.2, -0.15) is 0 Å². The Balaban J connectivity index is 1.56. The summed E-state index contributed by atoms with van der Waals surface area (Å²) in [4.78, 5) is 14.8. The van der Waals surface area contributed by atoms with Gasteiger partial charge in [0.1, 0.15) is 0 Å². The van der Waals surface area contributed by atoms with Gasteiger partial charge < -0.3 is 10.4 Å². The van der Waals surface area contributed by atoms with Gasteiger partial charge in [0.2, 0.25) is 0 Å². The number of carbonyl (C=O) groups excluding carboxylic acids is 1. The van der Waals surface area contributed by atoms with Gasteiger partial charge in [-0.25, -0.2) is 0 Å². The van der Waals surface area contributed by atoms with Crippen LogP contribution in [-0.4, -0.2) is 41.1 Å². The lowest BCUT2D eigenvalue weighted by atomic mass is 9.85. The van der Waals surface area contributed by atoms with Crippen LogP contribution >= 0.6 is 0 Å². The number of carbonyl (C=O) groups is 1. The van der Waals surface area contributed by atoms with Crippen LogP contribution in [0.4, 0.5) is 0 Å². The molecule has 2 N–H and O–H groups in total. The van der Waals surface area contributed by atoms with Crippen molar-refractivity contribution >= 4 is 5.91 Å². The summed E-state index contributed by atoms with van der Waals surface area (Å²) in [7, 11) is 0. The highest BCUT2D eigenvalue weighted by Gasteiger charge is 2.29. The van der Waals surface area contributed by atoms with E-state index in [4.69, 9.17) is 0 Å². The fourth-order valence-electron chi connectivity index (χ4n) is 3.74. The number of aliphatic hydroxyl groups is 1. The van der Waals surface area contributed by atoms with Crippen LogP contribution in [0.3, 0.4) is 0 Å². The first-order chi connectivity index (χ1) is 11.1. The summed E-state index contributed by atoms with van der Waals surface area (Å²) in [6, 6.07) is 7.88. The number of benzene rings is 1. The molecular weight excluding hydrogens is 288 g/mol. The molecule has 4 heteroatoms. The van der Waals surface area contributed by atoms with Gasteiger partial charge in [-0.15, -0.1) is 0 Å². The van der Waals surface area contributed by atoms with Gasteiger partial charge in [0.15, 0.2) is 0 Å². The molecule has 0 atom stereocenters. The Morgan fingerprint density at radius 1 is 1.13 bits per heavy atom. The number of hydrogen-bond acceptors (Lipinski definition) is 3. The van der Waals surface area contributed by atoms with E-state index in [-0.39, 0.29) is 5.91 Å². The molecule has 1 heterocycles. The second-order valence-electron chi connectivity index (χ2n) is 7.15. The maximum Gasteiger partial charge on any atom is 0.251 e. The first kappa shape index (κ1) is 16.5. The average Bonchev–Trinajstić information content (AvgIpc) is 3.07. The van der Waals surface area contributed by atoms with Crippen molar-refractivity contribution in [3.8, 4) is 0 Å². The highest BCUT2D eigenvalue weighted by Crippen LogP contribution is 2.27. The highest BCUT2D eigenvalue weighted by molar-refractivity contribution is 5.94. The molecular formula is C19H28N2O2. The molecule has 1 saturated carbocycles. The fraction of sp³-hybridized carbons (Fsp3) is 0.632. The third kappa shape index (κ3) is 4.55. The minimum Gasteiger partial charge on any atom is -0.388 e. The Hall–Kier alpha value is -1.39. The molecule has 23 heavy (non-hydrogen) atoms. The minimum absolute atomic E-state index is 0.0766. The van der Waals surface area contributed by atoms with Crippen LogP contribution in [0.2, 0.25) is 0 Å². The maximum atomic E-state index is 12.4. The third-order valence-electron chi connectivity index (χ3n) is 5.16.